The van der Waals surface area contributed by atoms with Crippen LogP contribution < -0.4 is 0 Å². The quantitative estimate of drug-likeness (QED) is 0.155. The smallest absolute Gasteiger partial charge is 0.0414 e. The van der Waals surface area contributed by atoms with Gasteiger partial charge in [-0.2, -0.15) is 0 Å². The van der Waals surface area contributed by atoms with E-state index in [9.17, 15) is 0 Å². The van der Waals surface area contributed by atoms with Crippen LogP contribution in [0, 0.1) is 5.92 Å². The van der Waals surface area contributed by atoms with Gasteiger partial charge in [0, 0.05) is 0 Å². The number of hydrogen-bond acceptors (Lipinski definition) is 0. The lowest BCUT2D eigenvalue weighted by atomic mass is 9.93. The van der Waals surface area contributed by atoms with Crippen molar-refractivity contribution < 1.29 is 0 Å². The monoisotopic (exact) mass is 378 g/mol. The average molecular weight is 379 g/mol. The third-order valence-corrected chi connectivity index (χ3v) is 6.94. The van der Waals surface area contributed by atoms with Crippen LogP contribution in [-0.4, -0.2) is 0 Å². The number of unbranched alkanes of at least 4 members (excludes halogenated alkanes) is 17. The molecule has 0 unspecified atom stereocenters. The maximum atomic E-state index is 2.31. The molecular weight excluding hydrogens is 324 g/mol. The van der Waals surface area contributed by atoms with Crippen LogP contribution in [-0.2, 0) is 0 Å². The zero-order valence-electron chi connectivity index (χ0n) is 19.3. The van der Waals surface area contributed by atoms with Crippen molar-refractivity contribution in [3.8, 4) is 0 Å². The van der Waals surface area contributed by atoms with Crippen molar-refractivity contribution in [1.29, 1.82) is 0 Å². The van der Waals surface area contributed by atoms with Crippen molar-refractivity contribution in [3.63, 3.8) is 0 Å². The van der Waals surface area contributed by atoms with E-state index >= 15 is 0 Å². The summed E-state index contributed by atoms with van der Waals surface area (Å²) >= 11 is 0. The van der Waals surface area contributed by atoms with E-state index in [1.165, 1.54) is 141 Å². The summed E-state index contributed by atoms with van der Waals surface area (Å²) in [5, 5.41) is 0. The molecule has 27 heavy (non-hydrogen) atoms. The van der Waals surface area contributed by atoms with Gasteiger partial charge in [-0.05, 0) is 5.92 Å². The zero-order chi connectivity index (χ0) is 19.3. The fourth-order valence-corrected chi connectivity index (χ4v) is 4.99. The van der Waals surface area contributed by atoms with Crippen molar-refractivity contribution in [2.24, 2.45) is 5.92 Å². The molecule has 0 amide bonds. The highest BCUT2D eigenvalue weighted by Crippen LogP contribution is 2.27. The van der Waals surface area contributed by atoms with Gasteiger partial charge in [-0.15, -0.1) is 0 Å². The van der Waals surface area contributed by atoms with Gasteiger partial charge >= 0.3 is 0 Å². The summed E-state index contributed by atoms with van der Waals surface area (Å²) in [4.78, 5) is 0. The highest BCUT2D eigenvalue weighted by molar-refractivity contribution is 4.64. The lowest BCUT2D eigenvalue weighted by Gasteiger charge is -2.13. The predicted octanol–water partition coefficient (Wildman–Crippen LogP) is 10.4. The molecule has 0 nitrogen and oxygen atoms in total. The van der Waals surface area contributed by atoms with E-state index in [0.29, 0.717) is 0 Å². The van der Waals surface area contributed by atoms with Gasteiger partial charge in [0.05, 0.1) is 0 Å². The second-order valence-corrected chi connectivity index (χ2v) is 9.66. The van der Waals surface area contributed by atoms with Crippen LogP contribution in [0.15, 0.2) is 0 Å². The molecule has 0 aromatic heterocycles. The van der Waals surface area contributed by atoms with Gasteiger partial charge in [0.1, 0.15) is 0 Å². The van der Waals surface area contributed by atoms with Crippen molar-refractivity contribution in [3.05, 3.63) is 0 Å². The first-order valence-electron chi connectivity index (χ1n) is 13.4. The summed E-state index contributed by atoms with van der Waals surface area (Å²) in [5.74, 6) is 1.09. The molecule has 0 heterocycles. The highest BCUT2D eigenvalue weighted by Gasteiger charge is 2.11. The van der Waals surface area contributed by atoms with E-state index in [1.54, 1.807) is 19.3 Å². The summed E-state index contributed by atoms with van der Waals surface area (Å²) < 4.78 is 0. The Labute approximate surface area is 173 Å². The Hall–Kier alpha value is 0. The molecular formula is C27H54. The van der Waals surface area contributed by atoms with Crippen molar-refractivity contribution in [2.45, 2.75) is 167 Å². The Kier molecular flexibility index (Phi) is 19.2. The minimum atomic E-state index is 1.09. The SMILES string of the molecule is CCCCCCCCCCCCCCCCCCCCC1CCCCCC1. The lowest BCUT2D eigenvalue weighted by molar-refractivity contribution is 0.404. The first-order chi connectivity index (χ1) is 13.4. The molecule has 0 atom stereocenters. The van der Waals surface area contributed by atoms with Crippen LogP contribution in [0.3, 0.4) is 0 Å². The second kappa shape index (κ2) is 20.7. The normalized spacial score (nSPS) is 15.9. The number of hydrogen-bond donors (Lipinski definition) is 0. The summed E-state index contributed by atoms with van der Waals surface area (Å²) in [6, 6.07) is 0. The number of rotatable bonds is 19. The standard InChI is InChI=1S/C27H54/c1-2-3-4-5-6-7-8-9-10-11-12-13-14-15-16-17-18-21-24-27-25-22-19-20-23-26-27/h27H,2-26H2,1H3. The van der Waals surface area contributed by atoms with Gasteiger partial charge in [-0.1, -0.05) is 167 Å². The van der Waals surface area contributed by atoms with Crippen molar-refractivity contribution in [1.82, 2.24) is 0 Å². The van der Waals surface area contributed by atoms with E-state index in [1.807, 2.05) is 0 Å². The lowest BCUT2D eigenvalue weighted by Crippen LogP contribution is -1.98. The summed E-state index contributed by atoms with van der Waals surface area (Å²) in [7, 11) is 0. The molecule has 1 rings (SSSR count). The molecule has 0 N–H and O–H groups in total. The Morgan fingerprint density at radius 2 is 0.741 bits per heavy atom. The third-order valence-electron chi connectivity index (χ3n) is 6.94. The molecule has 1 fully saturated rings. The topological polar surface area (TPSA) is 0 Å². The van der Waals surface area contributed by atoms with Gasteiger partial charge in [0.15, 0.2) is 0 Å². The molecule has 0 saturated heterocycles. The molecule has 0 heteroatoms. The maximum Gasteiger partial charge on any atom is -0.0414 e. The Morgan fingerprint density at radius 1 is 0.407 bits per heavy atom. The van der Waals surface area contributed by atoms with Crippen LogP contribution in [0.25, 0.3) is 0 Å². The predicted molar refractivity (Wildman–Crippen MR) is 125 cm³/mol. The van der Waals surface area contributed by atoms with Gasteiger partial charge in [-0.3, -0.25) is 0 Å². The van der Waals surface area contributed by atoms with E-state index in [0.717, 1.165) is 5.92 Å². The van der Waals surface area contributed by atoms with Gasteiger partial charge in [-0.25, -0.2) is 0 Å². The molecule has 1 aliphatic rings. The molecule has 0 spiro atoms. The molecule has 162 valence electrons. The Bertz CT molecular complexity index is 261. The van der Waals surface area contributed by atoms with E-state index in [2.05, 4.69) is 6.92 Å². The van der Waals surface area contributed by atoms with Gasteiger partial charge in [0.2, 0.25) is 0 Å². The zero-order valence-corrected chi connectivity index (χ0v) is 19.3. The van der Waals surface area contributed by atoms with Crippen LogP contribution in [0.1, 0.15) is 167 Å². The van der Waals surface area contributed by atoms with Crippen LogP contribution in [0.2, 0.25) is 0 Å². The van der Waals surface area contributed by atoms with Crippen molar-refractivity contribution >= 4 is 0 Å². The second-order valence-electron chi connectivity index (χ2n) is 9.66. The maximum absolute atomic E-state index is 2.31. The highest BCUT2D eigenvalue weighted by atomic mass is 14.2. The molecule has 1 saturated carbocycles. The summed E-state index contributed by atoms with van der Waals surface area (Å²) in [6.07, 6.45) is 37.4. The molecule has 1 aliphatic carbocycles. The fourth-order valence-electron chi connectivity index (χ4n) is 4.99. The minimum Gasteiger partial charge on any atom is -0.0654 e. The van der Waals surface area contributed by atoms with E-state index in [-0.39, 0.29) is 0 Å². The Balaban J connectivity index is 1.67. The average Bonchev–Trinajstić information content (AvgIpc) is 2.96. The van der Waals surface area contributed by atoms with Crippen molar-refractivity contribution in [2.75, 3.05) is 0 Å². The largest absolute Gasteiger partial charge is 0.0654 e. The van der Waals surface area contributed by atoms with Gasteiger partial charge < -0.3 is 0 Å². The molecule has 0 bridgehead atoms. The summed E-state index contributed by atoms with van der Waals surface area (Å²) in [5.41, 5.74) is 0. The van der Waals surface area contributed by atoms with Crippen LogP contribution in [0.5, 0.6) is 0 Å². The van der Waals surface area contributed by atoms with Crippen LogP contribution >= 0.6 is 0 Å². The molecule has 0 aromatic rings. The first-order valence-corrected chi connectivity index (χ1v) is 13.4. The first kappa shape index (κ1) is 25.0. The molecule has 0 aromatic carbocycles. The van der Waals surface area contributed by atoms with E-state index in [4.69, 9.17) is 0 Å². The Morgan fingerprint density at radius 3 is 1.11 bits per heavy atom. The minimum absolute atomic E-state index is 1.09. The van der Waals surface area contributed by atoms with Gasteiger partial charge in [0.25, 0.3) is 0 Å². The fraction of sp³-hybridized carbons (Fsp3) is 1.00. The molecule has 0 aliphatic heterocycles. The summed E-state index contributed by atoms with van der Waals surface area (Å²) in [6.45, 7) is 2.31. The van der Waals surface area contributed by atoms with E-state index < -0.39 is 0 Å². The third kappa shape index (κ3) is 17.8. The van der Waals surface area contributed by atoms with Crippen LogP contribution in [0.4, 0.5) is 0 Å². The molecule has 0 radical (unpaired) electrons.